The molecule has 1 saturated carbocycles. The SMILES string of the molecule is O=C(CNC(=O)C1CC12CCNCC2)Nc1cccnc1. The van der Waals surface area contributed by atoms with E-state index in [0.29, 0.717) is 5.69 Å². The molecule has 112 valence electrons. The summed E-state index contributed by atoms with van der Waals surface area (Å²) in [6.45, 7) is 2.00. The van der Waals surface area contributed by atoms with Crippen molar-refractivity contribution in [2.24, 2.45) is 11.3 Å². The van der Waals surface area contributed by atoms with Gasteiger partial charge in [0.05, 0.1) is 18.4 Å². The van der Waals surface area contributed by atoms with Crippen molar-refractivity contribution in [1.29, 1.82) is 0 Å². The van der Waals surface area contributed by atoms with Crippen LogP contribution in [0.3, 0.4) is 0 Å². The third-order valence-corrected chi connectivity index (χ3v) is 4.47. The second-order valence-corrected chi connectivity index (χ2v) is 5.88. The number of carbonyl (C=O) groups excluding carboxylic acids is 2. The molecule has 1 aliphatic heterocycles. The zero-order chi connectivity index (χ0) is 14.7. The second-order valence-electron chi connectivity index (χ2n) is 5.88. The number of nitrogens with zero attached hydrogens (tertiary/aromatic N) is 1. The van der Waals surface area contributed by atoms with Crippen LogP contribution in [0.5, 0.6) is 0 Å². The average molecular weight is 288 g/mol. The van der Waals surface area contributed by atoms with Gasteiger partial charge in [-0.2, -0.15) is 0 Å². The fourth-order valence-corrected chi connectivity index (χ4v) is 3.13. The Morgan fingerprint density at radius 2 is 2.19 bits per heavy atom. The number of hydrogen-bond donors (Lipinski definition) is 3. The van der Waals surface area contributed by atoms with E-state index in [2.05, 4.69) is 20.9 Å². The van der Waals surface area contributed by atoms with E-state index < -0.39 is 0 Å². The standard InChI is InChI=1S/C15H20N4O2/c20-13(19-11-2-1-5-17-9-11)10-18-14(21)12-8-15(12)3-6-16-7-4-15/h1-2,5,9,12,16H,3-4,6-8,10H2,(H,18,21)(H,19,20). The van der Waals surface area contributed by atoms with Crippen molar-refractivity contribution in [3.05, 3.63) is 24.5 Å². The molecule has 2 fully saturated rings. The predicted octanol–water partition coefficient (Wildman–Crippen LogP) is 0.526. The molecule has 1 saturated heterocycles. The summed E-state index contributed by atoms with van der Waals surface area (Å²) in [6.07, 6.45) is 6.30. The molecule has 1 unspecified atom stereocenters. The van der Waals surface area contributed by atoms with Crippen molar-refractivity contribution in [2.75, 3.05) is 25.0 Å². The number of carbonyl (C=O) groups is 2. The first-order valence-corrected chi connectivity index (χ1v) is 7.38. The maximum Gasteiger partial charge on any atom is 0.243 e. The normalized spacial score (nSPS) is 22.6. The third kappa shape index (κ3) is 3.21. The van der Waals surface area contributed by atoms with Gasteiger partial charge in [-0.1, -0.05) is 0 Å². The Morgan fingerprint density at radius 1 is 1.38 bits per heavy atom. The Balaban J connectivity index is 1.43. The van der Waals surface area contributed by atoms with E-state index in [9.17, 15) is 9.59 Å². The van der Waals surface area contributed by atoms with Crippen LogP contribution < -0.4 is 16.0 Å². The Labute approximate surface area is 123 Å². The number of aromatic nitrogens is 1. The number of amides is 2. The lowest BCUT2D eigenvalue weighted by Crippen LogP contribution is -2.37. The van der Waals surface area contributed by atoms with Crippen LogP contribution in [0.15, 0.2) is 24.5 Å². The van der Waals surface area contributed by atoms with E-state index in [0.717, 1.165) is 32.4 Å². The maximum atomic E-state index is 12.1. The Morgan fingerprint density at radius 3 is 2.90 bits per heavy atom. The number of rotatable bonds is 4. The minimum Gasteiger partial charge on any atom is -0.347 e. The van der Waals surface area contributed by atoms with Crippen molar-refractivity contribution < 1.29 is 9.59 Å². The number of anilines is 1. The van der Waals surface area contributed by atoms with Gasteiger partial charge in [0.15, 0.2) is 0 Å². The minimum absolute atomic E-state index is 0.0123. The molecule has 21 heavy (non-hydrogen) atoms. The highest BCUT2D eigenvalue weighted by molar-refractivity contribution is 5.95. The van der Waals surface area contributed by atoms with Crippen LogP contribution in [-0.2, 0) is 9.59 Å². The molecule has 0 radical (unpaired) electrons. The zero-order valence-electron chi connectivity index (χ0n) is 11.9. The summed E-state index contributed by atoms with van der Waals surface area (Å²) in [5, 5.41) is 8.76. The highest BCUT2D eigenvalue weighted by atomic mass is 16.2. The molecule has 1 atom stereocenters. The van der Waals surface area contributed by atoms with Crippen molar-refractivity contribution in [3.8, 4) is 0 Å². The van der Waals surface area contributed by atoms with Crippen LogP contribution in [-0.4, -0.2) is 36.4 Å². The van der Waals surface area contributed by atoms with E-state index >= 15 is 0 Å². The van der Waals surface area contributed by atoms with Crippen molar-refractivity contribution >= 4 is 17.5 Å². The second kappa shape index (κ2) is 5.81. The van der Waals surface area contributed by atoms with E-state index in [1.165, 1.54) is 0 Å². The molecule has 1 aliphatic carbocycles. The van der Waals surface area contributed by atoms with Gasteiger partial charge in [-0.3, -0.25) is 14.6 Å². The third-order valence-electron chi connectivity index (χ3n) is 4.47. The smallest absolute Gasteiger partial charge is 0.243 e. The average Bonchev–Trinajstić information content (AvgIpc) is 3.20. The van der Waals surface area contributed by atoms with Crippen LogP contribution in [0.4, 0.5) is 5.69 Å². The highest BCUT2D eigenvalue weighted by Crippen LogP contribution is 2.58. The summed E-state index contributed by atoms with van der Waals surface area (Å²) in [4.78, 5) is 27.8. The number of nitrogens with one attached hydrogen (secondary N) is 3. The molecule has 6 heteroatoms. The largest absolute Gasteiger partial charge is 0.347 e. The van der Waals surface area contributed by atoms with E-state index in [1.807, 2.05) is 0 Å². The summed E-state index contributed by atoms with van der Waals surface area (Å²) < 4.78 is 0. The van der Waals surface area contributed by atoms with Crippen LogP contribution in [0.2, 0.25) is 0 Å². The van der Waals surface area contributed by atoms with E-state index in [4.69, 9.17) is 0 Å². The molecule has 3 N–H and O–H groups in total. The van der Waals surface area contributed by atoms with Crippen LogP contribution >= 0.6 is 0 Å². The maximum absolute atomic E-state index is 12.1. The number of pyridine rings is 1. The van der Waals surface area contributed by atoms with Crippen molar-refractivity contribution in [2.45, 2.75) is 19.3 Å². The van der Waals surface area contributed by atoms with Gasteiger partial charge in [-0.05, 0) is 49.9 Å². The fraction of sp³-hybridized carbons (Fsp3) is 0.533. The molecule has 1 aromatic rings. The molecule has 3 rings (SSSR count). The molecule has 6 nitrogen and oxygen atoms in total. The van der Waals surface area contributed by atoms with E-state index in [-0.39, 0.29) is 29.7 Å². The van der Waals surface area contributed by atoms with Crippen molar-refractivity contribution in [1.82, 2.24) is 15.6 Å². The molecule has 0 aromatic carbocycles. The molecule has 1 aromatic heterocycles. The van der Waals surface area contributed by atoms with Gasteiger partial charge in [-0.25, -0.2) is 0 Å². The topological polar surface area (TPSA) is 83.1 Å². The highest BCUT2D eigenvalue weighted by Gasteiger charge is 2.57. The van der Waals surface area contributed by atoms with Crippen molar-refractivity contribution in [3.63, 3.8) is 0 Å². The predicted molar refractivity (Wildman–Crippen MR) is 78.5 cm³/mol. The lowest BCUT2D eigenvalue weighted by molar-refractivity contribution is -0.125. The number of piperidine rings is 1. The summed E-state index contributed by atoms with van der Waals surface area (Å²) in [7, 11) is 0. The molecular weight excluding hydrogens is 268 g/mol. The molecule has 2 amide bonds. The summed E-state index contributed by atoms with van der Waals surface area (Å²) in [6, 6.07) is 3.51. The van der Waals surface area contributed by atoms with Gasteiger partial charge >= 0.3 is 0 Å². The van der Waals surface area contributed by atoms with Crippen LogP contribution in [0, 0.1) is 11.3 Å². The van der Waals surface area contributed by atoms with Gasteiger partial charge in [0, 0.05) is 12.1 Å². The summed E-state index contributed by atoms with van der Waals surface area (Å²) >= 11 is 0. The fourth-order valence-electron chi connectivity index (χ4n) is 3.13. The first-order chi connectivity index (χ1) is 10.2. The van der Waals surface area contributed by atoms with Crippen LogP contribution in [0.1, 0.15) is 19.3 Å². The quantitative estimate of drug-likeness (QED) is 0.754. The first kappa shape index (κ1) is 14.0. The summed E-state index contributed by atoms with van der Waals surface area (Å²) in [5.41, 5.74) is 0.841. The van der Waals surface area contributed by atoms with Gasteiger partial charge in [0.2, 0.25) is 11.8 Å². The Hall–Kier alpha value is -1.95. The molecule has 2 heterocycles. The number of hydrogen-bond acceptors (Lipinski definition) is 4. The van der Waals surface area contributed by atoms with E-state index in [1.54, 1.807) is 24.5 Å². The van der Waals surface area contributed by atoms with Gasteiger partial charge < -0.3 is 16.0 Å². The molecule has 2 aliphatic rings. The van der Waals surface area contributed by atoms with Crippen LogP contribution in [0.25, 0.3) is 0 Å². The van der Waals surface area contributed by atoms with Gasteiger partial charge in [0.1, 0.15) is 0 Å². The van der Waals surface area contributed by atoms with Gasteiger partial charge in [0.25, 0.3) is 0 Å². The molecule has 0 bridgehead atoms. The summed E-state index contributed by atoms with van der Waals surface area (Å²) in [5.74, 6) is -0.125. The Bertz CT molecular complexity index is 526. The zero-order valence-corrected chi connectivity index (χ0v) is 11.9. The minimum atomic E-state index is -0.226. The lowest BCUT2D eigenvalue weighted by Gasteiger charge is -2.23. The first-order valence-electron chi connectivity index (χ1n) is 7.38. The van der Waals surface area contributed by atoms with Gasteiger partial charge in [-0.15, -0.1) is 0 Å². The lowest BCUT2D eigenvalue weighted by atomic mass is 9.92. The molecular formula is C15H20N4O2. The molecule has 1 spiro atoms. The Kier molecular flexibility index (Phi) is 3.88. The monoisotopic (exact) mass is 288 g/mol.